The van der Waals surface area contributed by atoms with Crippen molar-refractivity contribution in [3.8, 4) is 5.75 Å². The number of likely N-dealkylation sites (tertiary alicyclic amines) is 2. The molecule has 0 N–H and O–H groups in total. The molecule has 2 fully saturated rings. The summed E-state index contributed by atoms with van der Waals surface area (Å²) in [6.07, 6.45) is 3.34. The van der Waals surface area contributed by atoms with E-state index in [0.717, 1.165) is 50.0 Å². The number of hydrogen-bond acceptors (Lipinski definition) is 5. The maximum Gasteiger partial charge on any atom is 0.409 e. The quantitative estimate of drug-likeness (QED) is 0.627. The minimum Gasteiger partial charge on any atom is -0.496 e. The first kappa shape index (κ1) is 24.6. The van der Waals surface area contributed by atoms with Crippen molar-refractivity contribution >= 4 is 17.7 Å². The fourth-order valence-electron chi connectivity index (χ4n) is 6.16. The first-order chi connectivity index (χ1) is 17.5. The predicted octanol–water partition coefficient (Wildman–Crippen LogP) is 4.45. The van der Waals surface area contributed by atoms with Crippen LogP contribution in [0.5, 0.6) is 5.75 Å². The van der Waals surface area contributed by atoms with Gasteiger partial charge in [-0.3, -0.25) is 4.79 Å². The van der Waals surface area contributed by atoms with E-state index < -0.39 is 0 Å². The molecular weight excluding hydrogens is 461 g/mol. The third kappa shape index (κ3) is 4.43. The van der Waals surface area contributed by atoms with Crippen molar-refractivity contribution in [3.63, 3.8) is 0 Å². The monoisotopic (exact) mass is 495 g/mol. The zero-order valence-corrected chi connectivity index (χ0v) is 21.0. The van der Waals surface area contributed by atoms with Crippen molar-refractivity contribution in [1.82, 2.24) is 9.80 Å². The summed E-state index contributed by atoms with van der Waals surface area (Å²) in [6, 6.07) is 12.5. The van der Waals surface area contributed by atoms with Crippen LogP contribution >= 0.6 is 0 Å². The van der Waals surface area contributed by atoms with Crippen LogP contribution < -0.4 is 9.64 Å². The van der Waals surface area contributed by atoms with Gasteiger partial charge in [0.15, 0.2) is 0 Å². The maximum absolute atomic E-state index is 14.4. The standard InChI is InChI=1S/C28H34FN3O4/c1-3-36-27(34)31-14-10-21(11-15-31)30-16-12-28(13-17-30)19-32(24-9-8-20(29)18-23(24)28)26(33)22-6-4-5-7-25(22)35-2/h4-9,18,21H,3,10-17,19H2,1-2H3. The van der Waals surface area contributed by atoms with Crippen LogP contribution in [-0.2, 0) is 10.2 Å². The van der Waals surface area contributed by atoms with Crippen molar-refractivity contribution in [2.75, 3.05) is 51.3 Å². The van der Waals surface area contributed by atoms with E-state index in [4.69, 9.17) is 9.47 Å². The van der Waals surface area contributed by atoms with E-state index in [1.54, 1.807) is 41.2 Å². The lowest BCUT2D eigenvalue weighted by Gasteiger charge is -2.45. The molecule has 2 amide bonds. The summed E-state index contributed by atoms with van der Waals surface area (Å²) in [7, 11) is 1.56. The molecule has 7 nitrogen and oxygen atoms in total. The van der Waals surface area contributed by atoms with Crippen LogP contribution in [0, 0.1) is 5.82 Å². The minimum atomic E-state index is -0.270. The van der Waals surface area contributed by atoms with Crippen LogP contribution in [0.15, 0.2) is 42.5 Å². The Morgan fingerprint density at radius 2 is 1.78 bits per heavy atom. The van der Waals surface area contributed by atoms with Gasteiger partial charge in [-0.2, -0.15) is 0 Å². The van der Waals surface area contributed by atoms with Crippen molar-refractivity contribution in [3.05, 3.63) is 59.4 Å². The maximum atomic E-state index is 14.4. The lowest BCUT2D eigenvalue weighted by Crippen LogP contribution is -2.52. The van der Waals surface area contributed by atoms with Crippen molar-refractivity contribution < 1.29 is 23.5 Å². The van der Waals surface area contributed by atoms with Crippen LogP contribution in [0.1, 0.15) is 48.5 Å². The summed E-state index contributed by atoms with van der Waals surface area (Å²) in [5, 5.41) is 0. The molecule has 3 aliphatic heterocycles. The molecule has 192 valence electrons. The van der Waals surface area contributed by atoms with E-state index in [2.05, 4.69) is 4.90 Å². The number of carbonyl (C=O) groups is 2. The van der Waals surface area contributed by atoms with Crippen LogP contribution in [0.4, 0.5) is 14.9 Å². The Hall–Kier alpha value is -3.13. The number of halogens is 1. The highest BCUT2D eigenvalue weighted by atomic mass is 19.1. The molecule has 2 aromatic carbocycles. The van der Waals surface area contributed by atoms with E-state index in [-0.39, 0.29) is 23.2 Å². The molecule has 0 aromatic heterocycles. The molecule has 36 heavy (non-hydrogen) atoms. The van der Waals surface area contributed by atoms with E-state index in [9.17, 15) is 14.0 Å². The van der Waals surface area contributed by atoms with Crippen LogP contribution in [0.2, 0.25) is 0 Å². The molecular formula is C28H34FN3O4. The van der Waals surface area contributed by atoms with Crippen molar-refractivity contribution in [2.24, 2.45) is 0 Å². The molecule has 3 aliphatic rings. The van der Waals surface area contributed by atoms with Crippen LogP contribution in [0.3, 0.4) is 0 Å². The molecule has 0 saturated carbocycles. The predicted molar refractivity (Wildman–Crippen MR) is 135 cm³/mol. The number of para-hydroxylation sites is 1. The van der Waals surface area contributed by atoms with Crippen LogP contribution in [0.25, 0.3) is 0 Å². The van der Waals surface area contributed by atoms with E-state index in [1.165, 1.54) is 6.07 Å². The molecule has 0 unspecified atom stereocenters. The second-order valence-corrected chi connectivity index (χ2v) is 9.99. The van der Waals surface area contributed by atoms with Gasteiger partial charge in [0.05, 0.1) is 19.3 Å². The molecule has 0 atom stereocenters. The molecule has 2 aromatic rings. The Bertz CT molecular complexity index is 1120. The number of rotatable bonds is 4. The topological polar surface area (TPSA) is 62.3 Å². The largest absolute Gasteiger partial charge is 0.496 e. The Morgan fingerprint density at radius 3 is 2.47 bits per heavy atom. The van der Waals surface area contributed by atoms with Crippen molar-refractivity contribution in [2.45, 2.75) is 44.1 Å². The number of carbonyl (C=O) groups excluding carboxylic acids is 2. The summed E-state index contributed by atoms with van der Waals surface area (Å²) in [5.41, 5.74) is 1.97. The van der Waals surface area contributed by atoms with Gasteiger partial charge in [-0.05, 0) is 81.6 Å². The van der Waals surface area contributed by atoms with E-state index >= 15 is 0 Å². The van der Waals surface area contributed by atoms with Gasteiger partial charge in [0, 0.05) is 36.8 Å². The highest BCUT2D eigenvalue weighted by molar-refractivity contribution is 6.09. The number of methoxy groups -OCH3 is 1. The number of ether oxygens (including phenoxy) is 2. The number of hydrogen-bond donors (Lipinski definition) is 0. The third-order valence-corrected chi connectivity index (χ3v) is 8.13. The molecule has 0 bridgehead atoms. The van der Waals surface area contributed by atoms with Gasteiger partial charge in [0.25, 0.3) is 5.91 Å². The van der Waals surface area contributed by atoms with E-state index in [0.29, 0.717) is 43.6 Å². The SMILES string of the molecule is CCOC(=O)N1CCC(N2CCC3(CC2)CN(C(=O)c2ccccc2OC)c2ccc(F)cc23)CC1. The van der Waals surface area contributed by atoms with Gasteiger partial charge in [-0.1, -0.05) is 12.1 Å². The Morgan fingerprint density at radius 1 is 1.06 bits per heavy atom. The average Bonchev–Trinajstić information content (AvgIpc) is 3.21. The molecule has 0 radical (unpaired) electrons. The Kier molecular flexibility index (Phi) is 6.88. The summed E-state index contributed by atoms with van der Waals surface area (Å²) in [5.74, 6) is 0.149. The molecule has 0 aliphatic carbocycles. The summed E-state index contributed by atoms with van der Waals surface area (Å²) in [4.78, 5) is 31.8. The van der Waals surface area contributed by atoms with Gasteiger partial charge in [0.2, 0.25) is 0 Å². The number of amides is 2. The molecule has 8 heteroatoms. The molecule has 2 saturated heterocycles. The molecule has 5 rings (SSSR count). The minimum absolute atomic E-state index is 0.119. The number of nitrogens with zero attached hydrogens (tertiary/aromatic N) is 3. The Balaban J connectivity index is 1.31. The van der Waals surface area contributed by atoms with Gasteiger partial charge in [-0.25, -0.2) is 9.18 Å². The number of anilines is 1. The zero-order chi connectivity index (χ0) is 25.3. The van der Waals surface area contributed by atoms with Crippen molar-refractivity contribution in [1.29, 1.82) is 0 Å². The third-order valence-electron chi connectivity index (χ3n) is 8.13. The lowest BCUT2D eigenvalue weighted by atomic mass is 9.74. The Labute approximate surface area is 211 Å². The average molecular weight is 496 g/mol. The van der Waals surface area contributed by atoms with Gasteiger partial charge < -0.3 is 24.2 Å². The first-order valence-corrected chi connectivity index (χ1v) is 12.9. The summed E-state index contributed by atoms with van der Waals surface area (Å²) in [6.45, 7) is 5.95. The fourth-order valence-corrected chi connectivity index (χ4v) is 6.16. The van der Waals surface area contributed by atoms with Gasteiger partial charge in [-0.15, -0.1) is 0 Å². The highest BCUT2D eigenvalue weighted by Gasteiger charge is 2.47. The molecule has 1 spiro atoms. The smallest absolute Gasteiger partial charge is 0.409 e. The summed E-state index contributed by atoms with van der Waals surface area (Å²) < 4.78 is 25.0. The second-order valence-electron chi connectivity index (χ2n) is 9.99. The normalized spacial score (nSPS) is 19.9. The lowest BCUT2D eigenvalue weighted by molar-refractivity contribution is 0.0576. The van der Waals surface area contributed by atoms with Gasteiger partial charge >= 0.3 is 6.09 Å². The number of benzene rings is 2. The van der Waals surface area contributed by atoms with Crippen LogP contribution in [-0.4, -0.2) is 74.3 Å². The highest BCUT2D eigenvalue weighted by Crippen LogP contribution is 2.48. The van der Waals surface area contributed by atoms with Gasteiger partial charge in [0.1, 0.15) is 11.6 Å². The summed E-state index contributed by atoms with van der Waals surface area (Å²) >= 11 is 0. The number of fused-ring (bicyclic) bond motifs is 2. The number of piperidine rings is 2. The zero-order valence-electron chi connectivity index (χ0n) is 21.0. The fraction of sp³-hybridized carbons (Fsp3) is 0.500. The molecule has 3 heterocycles. The van der Waals surface area contributed by atoms with E-state index in [1.807, 2.05) is 19.1 Å². The second kappa shape index (κ2) is 10.1. The first-order valence-electron chi connectivity index (χ1n) is 12.9.